The van der Waals surface area contributed by atoms with E-state index in [1.54, 1.807) is 0 Å². The zero-order chi connectivity index (χ0) is 9.80. The lowest BCUT2D eigenvalue weighted by atomic mass is 9.94. The standard InChI is InChI=1S/C13H18O/c1-11(13-8-5-9-14-13)10-12-6-3-2-4-7-12/h2-4,6-7,11,13H,5,8-10H2,1H3. The Morgan fingerprint density at radius 3 is 2.79 bits per heavy atom. The Kier molecular flexibility index (Phi) is 3.20. The van der Waals surface area contributed by atoms with Gasteiger partial charge in [0.1, 0.15) is 0 Å². The molecule has 1 heteroatoms. The lowest BCUT2D eigenvalue weighted by Crippen LogP contribution is -2.18. The minimum atomic E-state index is 0.496. The molecule has 2 rings (SSSR count). The first-order chi connectivity index (χ1) is 6.86. The van der Waals surface area contributed by atoms with Gasteiger partial charge >= 0.3 is 0 Å². The van der Waals surface area contributed by atoms with Crippen LogP contribution >= 0.6 is 0 Å². The molecule has 1 heterocycles. The van der Waals surface area contributed by atoms with Crippen LogP contribution in [0.2, 0.25) is 0 Å². The summed E-state index contributed by atoms with van der Waals surface area (Å²) in [5, 5.41) is 0. The molecule has 2 atom stereocenters. The predicted molar refractivity (Wildman–Crippen MR) is 58.3 cm³/mol. The van der Waals surface area contributed by atoms with Crippen molar-refractivity contribution < 1.29 is 4.74 Å². The van der Waals surface area contributed by atoms with Crippen molar-refractivity contribution in [3.05, 3.63) is 35.9 Å². The van der Waals surface area contributed by atoms with Crippen LogP contribution in [0.25, 0.3) is 0 Å². The average molecular weight is 190 g/mol. The molecule has 1 nitrogen and oxygen atoms in total. The Morgan fingerprint density at radius 2 is 2.14 bits per heavy atom. The molecule has 0 amide bonds. The van der Waals surface area contributed by atoms with Crippen molar-refractivity contribution in [2.45, 2.75) is 32.3 Å². The topological polar surface area (TPSA) is 9.23 Å². The number of rotatable bonds is 3. The number of hydrogen-bond acceptors (Lipinski definition) is 1. The molecule has 1 aliphatic rings. The molecule has 2 unspecified atom stereocenters. The molecule has 1 aliphatic heterocycles. The van der Waals surface area contributed by atoms with Crippen molar-refractivity contribution in [3.63, 3.8) is 0 Å². The van der Waals surface area contributed by atoms with Crippen LogP contribution in [0.4, 0.5) is 0 Å². The lowest BCUT2D eigenvalue weighted by molar-refractivity contribution is 0.0695. The molecule has 0 aliphatic carbocycles. The van der Waals surface area contributed by atoms with Gasteiger partial charge in [-0.05, 0) is 30.7 Å². The van der Waals surface area contributed by atoms with E-state index >= 15 is 0 Å². The third-order valence-electron chi connectivity index (χ3n) is 3.00. The van der Waals surface area contributed by atoms with Crippen molar-refractivity contribution in [1.29, 1.82) is 0 Å². The van der Waals surface area contributed by atoms with Crippen LogP contribution in [0.5, 0.6) is 0 Å². The summed E-state index contributed by atoms with van der Waals surface area (Å²) >= 11 is 0. The second-order valence-corrected chi connectivity index (χ2v) is 4.22. The molecular formula is C13H18O. The van der Waals surface area contributed by atoms with E-state index < -0.39 is 0 Å². The van der Waals surface area contributed by atoms with Crippen LogP contribution < -0.4 is 0 Å². The van der Waals surface area contributed by atoms with E-state index in [4.69, 9.17) is 4.74 Å². The maximum atomic E-state index is 5.69. The minimum absolute atomic E-state index is 0.496. The second-order valence-electron chi connectivity index (χ2n) is 4.22. The second kappa shape index (κ2) is 4.61. The molecule has 0 spiro atoms. The van der Waals surface area contributed by atoms with Gasteiger partial charge in [0, 0.05) is 6.61 Å². The molecule has 0 bridgehead atoms. The molecule has 14 heavy (non-hydrogen) atoms. The summed E-state index contributed by atoms with van der Waals surface area (Å²) in [5.74, 6) is 0.653. The Balaban J connectivity index is 1.90. The van der Waals surface area contributed by atoms with Crippen molar-refractivity contribution in [2.24, 2.45) is 5.92 Å². The van der Waals surface area contributed by atoms with E-state index in [2.05, 4.69) is 37.3 Å². The van der Waals surface area contributed by atoms with Gasteiger partial charge < -0.3 is 4.74 Å². The molecule has 0 saturated carbocycles. The van der Waals surface area contributed by atoms with Gasteiger partial charge in [0.25, 0.3) is 0 Å². The molecule has 1 fully saturated rings. The number of benzene rings is 1. The van der Waals surface area contributed by atoms with Gasteiger partial charge in [-0.2, -0.15) is 0 Å². The third-order valence-corrected chi connectivity index (χ3v) is 3.00. The largest absolute Gasteiger partial charge is 0.378 e. The van der Waals surface area contributed by atoms with E-state index in [9.17, 15) is 0 Å². The smallest absolute Gasteiger partial charge is 0.0604 e. The first-order valence-corrected chi connectivity index (χ1v) is 5.52. The minimum Gasteiger partial charge on any atom is -0.378 e. The highest BCUT2D eigenvalue weighted by atomic mass is 16.5. The van der Waals surface area contributed by atoms with Gasteiger partial charge in [-0.3, -0.25) is 0 Å². The van der Waals surface area contributed by atoms with E-state index in [0.29, 0.717) is 12.0 Å². The normalized spacial score (nSPS) is 23.6. The summed E-state index contributed by atoms with van der Waals surface area (Å²) in [6, 6.07) is 10.7. The molecule has 1 saturated heterocycles. The molecule has 1 aromatic carbocycles. The molecule has 0 aromatic heterocycles. The SMILES string of the molecule is CC(Cc1ccccc1)C1CCCO1. The zero-order valence-corrected chi connectivity index (χ0v) is 8.78. The summed E-state index contributed by atoms with van der Waals surface area (Å²) in [5.41, 5.74) is 1.43. The predicted octanol–water partition coefficient (Wildman–Crippen LogP) is 3.04. The van der Waals surface area contributed by atoms with E-state index in [-0.39, 0.29) is 0 Å². The van der Waals surface area contributed by atoms with Gasteiger partial charge in [0.15, 0.2) is 0 Å². The fourth-order valence-electron chi connectivity index (χ4n) is 2.17. The lowest BCUT2D eigenvalue weighted by Gasteiger charge is -2.18. The van der Waals surface area contributed by atoms with Crippen LogP contribution in [-0.4, -0.2) is 12.7 Å². The molecule has 1 aromatic rings. The number of hydrogen-bond donors (Lipinski definition) is 0. The molecule has 0 radical (unpaired) electrons. The highest BCUT2D eigenvalue weighted by Gasteiger charge is 2.22. The van der Waals surface area contributed by atoms with Crippen LogP contribution in [-0.2, 0) is 11.2 Å². The fourth-order valence-corrected chi connectivity index (χ4v) is 2.17. The van der Waals surface area contributed by atoms with E-state index in [1.807, 2.05) is 0 Å². The zero-order valence-electron chi connectivity index (χ0n) is 8.78. The van der Waals surface area contributed by atoms with Gasteiger partial charge in [-0.15, -0.1) is 0 Å². The number of ether oxygens (including phenoxy) is 1. The van der Waals surface area contributed by atoms with Crippen molar-refractivity contribution >= 4 is 0 Å². The maximum absolute atomic E-state index is 5.69. The van der Waals surface area contributed by atoms with Gasteiger partial charge in [-0.25, -0.2) is 0 Å². The summed E-state index contributed by atoms with van der Waals surface area (Å²) in [6.07, 6.45) is 4.12. The Hall–Kier alpha value is -0.820. The van der Waals surface area contributed by atoms with Crippen LogP contribution in [0.15, 0.2) is 30.3 Å². The van der Waals surface area contributed by atoms with Gasteiger partial charge in [0.05, 0.1) is 6.10 Å². The molecule has 0 N–H and O–H groups in total. The first kappa shape index (κ1) is 9.72. The van der Waals surface area contributed by atoms with Crippen molar-refractivity contribution in [1.82, 2.24) is 0 Å². The summed E-state index contributed by atoms with van der Waals surface area (Å²) < 4.78 is 5.69. The first-order valence-electron chi connectivity index (χ1n) is 5.52. The Morgan fingerprint density at radius 1 is 1.36 bits per heavy atom. The van der Waals surface area contributed by atoms with Gasteiger partial charge in [0.2, 0.25) is 0 Å². The average Bonchev–Trinajstić information content (AvgIpc) is 2.72. The molecule has 76 valence electrons. The summed E-state index contributed by atoms with van der Waals surface area (Å²) in [4.78, 5) is 0. The van der Waals surface area contributed by atoms with E-state index in [0.717, 1.165) is 13.0 Å². The highest BCUT2D eigenvalue weighted by Crippen LogP contribution is 2.22. The van der Waals surface area contributed by atoms with Crippen molar-refractivity contribution in [2.75, 3.05) is 6.61 Å². The monoisotopic (exact) mass is 190 g/mol. The van der Waals surface area contributed by atoms with Crippen LogP contribution in [0.3, 0.4) is 0 Å². The summed E-state index contributed by atoms with van der Waals surface area (Å²) in [6.45, 7) is 3.26. The maximum Gasteiger partial charge on any atom is 0.0604 e. The third kappa shape index (κ3) is 2.36. The Labute approximate surface area is 86.1 Å². The van der Waals surface area contributed by atoms with E-state index in [1.165, 1.54) is 18.4 Å². The quantitative estimate of drug-likeness (QED) is 0.712. The molecular weight excluding hydrogens is 172 g/mol. The highest BCUT2D eigenvalue weighted by molar-refractivity contribution is 5.15. The Bertz CT molecular complexity index is 262. The van der Waals surface area contributed by atoms with Crippen LogP contribution in [0.1, 0.15) is 25.3 Å². The van der Waals surface area contributed by atoms with Gasteiger partial charge in [-0.1, -0.05) is 37.3 Å². The fraction of sp³-hybridized carbons (Fsp3) is 0.538. The summed E-state index contributed by atoms with van der Waals surface area (Å²) in [7, 11) is 0. The van der Waals surface area contributed by atoms with Crippen LogP contribution in [0, 0.1) is 5.92 Å². The van der Waals surface area contributed by atoms with Crippen molar-refractivity contribution in [3.8, 4) is 0 Å².